The van der Waals surface area contributed by atoms with E-state index in [9.17, 15) is 13.2 Å². The van der Waals surface area contributed by atoms with Crippen molar-refractivity contribution in [1.29, 1.82) is 0 Å². The Morgan fingerprint density at radius 1 is 1.15 bits per heavy atom. The third-order valence-electron chi connectivity index (χ3n) is 5.18. The standard InChI is InChI=1S/C20H33N3O3S/c1-2-3-4-5-6-7-8-14-22-20(24)18-11-15-23(16-12-18)27(25,26)19-10-9-13-21-17-19/h9-10,13,17-18H,2-8,11-12,14-16H2,1H3,(H,22,24). The number of pyridine rings is 1. The second-order valence-electron chi connectivity index (χ2n) is 7.28. The first-order valence-electron chi connectivity index (χ1n) is 10.2. The van der Waals surface area contributed by atoms with E-state index in [4.69, 9.17) is 0 Å². The summed E-state index contributed by atoms with van der Waals surface area (Å²) in [5, 5.41) is 3.02. The van der Waals surface area contributed by atoms with E-state index in [0.29, 0.717) is 25.9 Å². The van der Waals surface area contributed by atoms with Crippen molar-refractivity contribution in [2.45, 2.75) is 69.6 Å². The van der Waals surface area contributed by atoms with E-state index >= 15 is 0 Å². The topological polar surface area (TPSA) is 79.4 Å². The van der Waals surface area contributed by atoms with Crippen LogP contribution in [0, 0.1) is 5.92 Å². The average Bonchev–Trinajstić information content (AvgIpc) is 2.70. The maximum absolute atomic E-state index is 12.6. The van der Waals surface area contributed by atoms with Crippen molar-refractivity contribution in [3.63, 3.8) is 0 Å². The summed E-state index contributed by atoms with van der Waals surface area (Å²) in [5.41, 5.74) is 0. The minimum atomic E-state index is -3.51. The Hall–Kier alpha value is -1.47. The zero-order valence-electron chi connectivity index (χ0n) is 16.4. The number of piperidine rings is 1. The fourth-order valence-electron chi connectivity index (χ4n) is 3.45. The van der Waals surface area contributed by atoms with Crippen LogP contribution in [0.1, 0.15) is 64.7 Å². The normalized spacial score (nSPS) is 16.3. The summed E-state index contributed by atoms with van der Waals surface area (Å²) in [4.78, 5) is 16.4. The number of sulfonamides is 1. The molecule has 0 aromatic carbocycles. The van der Waals surface area contributed by atoms with Gasteiger partial charge in [-0.25, -0.2) is 8.42 Å². The van der Waals surface area contributed by atoms with Crippen molar-refractivity contribution < 1.29 is 13.2 Å². The Morgan fingerprint density at radius 3 is 2.44 bits per heavy atom. The molecule has 6 nitrogen and oxygen atoms in total. The van der Waals surface area contributed by atoms with Crippen LogP contribution in [0.4, 0.5) is 0 Å². The van der Waals surface area contributed by atoms with Crippen LogP contribution in [0.15, 0.2) is 29.4 Å². The lowest BCUT2D eigenvalue weighted by molar-refractivity contribution is -0.126. The van der Waals surface area contributed by atoms with Crippen molar-refractivity contribution in [3.8, 4) is 0 Å². The van der Waals surface area contributed by atoms with Crippen molar-refractivity contribution in [3.05, 3.63) is 24.5 Å². The fraction of sp³-hybridized carbons (Fsp3) is 0.700. The summed E-state index contributed by atoms with van der Waals surface area (Å²) < 4.78 is 26.6. The summed E-state index contributed by atoms with van der Waals surface area (Å²) in [6, 6.07) is 3.18. The van der Waals surface area contributed by atoms with Crippen LogP contribution in [0.25, 0.3) is 0 Å². The van der Waals surface area contributed by atoms with Gasteiger partial charge in [0.25, 0.3) is 0 Å². The second kappa shape index (κ2) is 11.4. The number of rotatable bonds is 11. The largest absolute Gasteiger partial charge is 0.356 e. The maximum Gasteiger partial charge on any atom is 0.244 e. The van der Waals surface area contributed by atoms with E-state index in [2.05, 4.69) is 17.2 Å². The van der Waals surface area contributed by atoms with Crippen LogP contribution < -0.4 is 5.32 Å². The molecule has 0 bridgehead atoms. The number of hydrogen-bond donors (Lipinski definition) is 1. The zero-order chi connectivity index (χ0) is 19.5. The molecule has 0 spiro atoms. The van der Waals surface area contributed by atoms with Crippen LogP contribution >= 0.6 is 0 Å². The van der Waals surface area contributed by atoms with Gasteiger partial charge in [-0.15, -0.1) is 0 Å². The van der Waals surface area contributed by atoms with Crippen LogP contribution in [-0.4, -0.2) is 43.2 Å². The molecule has 1 amide bonds. The molecular weight excluding hydrogens is 362 g/mol. The molecule has 1 fully saturated rings. The molecule has 2 rings (SSSR count). The molecule has 0 unspecified atom stereocenters. The number of aromatic nitrogens is 1. The van der Waals surface area contributed by atoms with E-state index in [1.807, 2.05) is 0 Å². The fourth-order valence-corrected chi connectivity index (χ4v) is 4.88. The van der Waals surface area contributed by atoms with E-state index in [1.165, 1.54) is 42.6 Å². The van der Waals surface area contributed by atoms with Crippen molar-refractivity contribution >= 4 is 15.9 Å². The van der Waals surface area contributed by atoms with Gasteiger partial charge in [0.05, 0.1) is 0 Å². The Morgan fingerprint density at radius 2 is 1.81 bits per heavy atom. The number of hydrogen-bond acceptors (Lipinski definition) is 4. The van der Waals surface area contributed by atoms with Gasteiger partial charge >= 0.3 is 0 Å². The first kappa shape index (κ1) is 21.8. The van der Waals surface area contributed by atoms with Gasteiger partial charge in [0.1, 0.15) is 4.90 Å². The average molecular weight is 396 g/mol. The molecule has 1 aromatic heterocycles. The molecule has 0 radical (unpaired) electrons. The Labute approximate surface area is 163 Å². The minimum Gasteiger partial charge on any atom is -0.356 e. The minimum absolute atomic E-state index is 0.0689. The molecule has 7 heteroatoms. The SMILES string of the molecule is CCCCCCCCCNC(=O)C1CCN(S(=O)(=O)c2cccnc2)CC1. The molecule has 2 heterocycles. The summed E-state index contributed by atoms with van der Waals surface area (Å²) in [6.45, 7) is 3.70. The van der Waals surface area contributed by atoms with Gasteiger partial charge in [-0.2, -0.15) is 4.31 Å². The maximum atomic E-state index is 12.6. The Balaban J connectivity index is 1.66. The lowest BCUT2D eigenvalue weighted by Gasteiger charge is -2.30. The van der Waals surface area contributed by atoms with Crippen LogP contribution in [0.2, 0.25) is 0 Å². The lowest BCUT2D eigenvalue weighted by atomic mass is 9.97. The van der Waals surface area contributed by atoms with Gasteiger partial charge in [-0.3, -0.25) is 9.78 Å². The van der Waals surface area contributed by atoms with E-state index in [1.54, 1.807) is 18.3 Å². The quantitative estimate of drug-likeness (QED) is 0.583. The van der Waals surface area contributed by atoms with Crippen molar-refractivity contribution in [2.24, 2.45) is 5.92 Å². The van der Waals surface area contributed by atoms with Gasteiger partial charge in [0.2, 0.25) is 15.9 Å². The first-order valence-corrected chi connectivity index (χ1v) is 11.7. The van der Waals surface area contributed by atoms with Gasteiger partial charge in [-0.05, 0) is 31.4 Å². The summed E-state index contributed by atoms with van der Waals surface area (Å²) >= 11 is 0. The molecular formula is C20H33N3O3S. The van der Waals surface area contributed by atoms with Crippen LogP contribution in [0.3, 0.4) is 0 Å². The monoisotopic (exact) mass is 395 g/mol. The van der Waals surface area contributed by atoms with E-state index in [-0.39, 0.29) is 16.7 Å². The van der Waals surface area contributed by atoms with Gasteiger partial charge in [0.15, 0.2) is 0 Å². The summed E-state index contributed by atoms with van der Waals surface area (Å²) in [6.07, 6.45) is 12.7. The third-order valence-corrected chi connectivity index (χ3v) is 7.06. The van der Waals surface area contributed by atoms with Crippen LogP contribution in [0.5, 0.6) is 0 Å². The van der Waals surface area contributed by atoms with Gasteiger partial charge < -0.3 is 5.32 Å². The van der Waals surface area contributed by atoms with Gasteiger partial charge in [-0.1, -0.05) is 45.4 Å². The smallest absolute Gasteiger partial charge is 0.244 e. The van der Waals surface area contributed by atoms with Gasteiger partial charge in [0, 0.05) is 37.9 Å². The summed E-state index contributed by atoms with van der Waals surface area (Å²) in [5.74, 6) is -0.0192. The second-order valence-corrected chi connectivity index (χ2v) is 9.22. The molecule has 1 aromatic rings. The lowest BCUT2D eigenvalue weighted by Crippen LogP contribution is -2.43. The number of amides is 1. The highest BCUT2D eigenvalue weighted by Gasteiger charge is 2.31. The zero-order valence-corrected chi connectivity index (χ0v) is 17.2. The molecule has 27 heavy (non-hydrogen) atoms. The molecule has 0 aliphatic carbocycles. The molecule has 0 atom stereocenters. The Bertz CT molecular complexity index is 656. The highest BCUT2D eigenvalue weighted by Crippen LogP contribution is 2.23. The predicted molar refractivity (Wildman–Crippen MR) is 107 cm³/mol. The highest BCUT2D eigenvalue weighted by molar-refractivity contribution is 7.89. The molecule has 1 N–H and O–H groups in total. The number of carbonyl (C=O) groups is 1. The number of nitrogens with zero attached hydrogens (tertiary/aromatic N) is 2. The number of carbonyl (C=O) groups excluding carboxylic acids is 1. The van der Waals surface area contributed by atoms with E-state index < -0.39 is 10.0 Å². The Kier molecular flexibility index (Phi) is 9.21. The molecule has 0 saturated carbocycles. The molecule has 1 aliphatic heterocycles. The number of unbranched alkanes of at least 4 members (excludes halogenated alkanes) is 6. The van der Waals surface area contributed by atoms with Crippen LogP contribution in [-0.2, 0) is 14.8 Å². The third kappa shape index (κ3) is 6.88. The molecule has 1 aliphatic rings. The first-order chi connectivity index (χ1) is 13.1. The van der Waals surface area contributed by atoms with E-state index in [0.717, 1.165) is 19.4 Å². The van der Waals surface area contributed by atoms with Crippen molar-refractivity contribution in [1.82, 2.24) is 14.6 Å². The molecule has 152 valence electrons. The summed E-state index contributed by atoms with van der Waals surface area (Å²) in [7, 11) is -3.51. The van der Waals surface area contributed by atoms with Crippen molar-refractivity contribution in [2.75, 3.05) is 19.6 Å². The highest BCUT2D eigenvalue weighted by atomic mass is 32.2. The number of nitrogens with one attached hydrogen (secondary N) is 1. The predicted octanol–water partition coefficient (Wildman–Crippen LogP) is 3.35. The molecule has 1 saturated heterocycles.